The minimum absolute atomic E-state index is 0.00642. The summed E-state index contributed by atoms with van der Waals surface area (Å²) in [4.78, 5) is 52.6. The van der Waals surface area contributed by atoms with E-state index in [1.54, 1.807) is 16.2 Å². The van der Waals surface area contributed by atoms with Crippen LogP contribution < -0.4 is 15.5 Å². The molecule has 44 heavy (non-hydrogen) atoms. The van der Waals surface area contributed by atoms with Gasteiger partial charge >= 0.3 is 5.97 Å². The first-order valence-electron chi connectivity index (χ1n) is 15.9. The summed E-state index contributed by atoms with van der Waals surface area (Å²) < 4.78 is 7.46. The number of ether oxygens (including phenoxy) is 1. The third kappa shape index (κ3) is 8.94. The van der Waals surface area contributed by atoms with E-state index in [9.17, 15) is 19.2 Å². The smallest absolute Gasteiger partial charge is 0.305 e. The number of amides is 3. The first-order valence-corrected chi connectivity index (χ1v) is 16.8. The van der Waals surface area contributed by atoms with E-state index in [2.05, 4.69) is 15.4 Å². The lowest BCUT2D eigenvalue weighted by molar-refractivity contribution is -0.140. The second-order valence-electron chi connectivity index (χ2n) is 11.7. The average molecular weight is 623 g/mol. The average Bonchev–Trinajstić information content (AvgIpc) is 3.61. The number of nitrogens with zero attached hydrogens (tertiary/aromatic N) is 2. The number of aromatic nitrogens is 1. The van der Waals surface area contributed by atoms with Crippen LogP contribution in [-0.4, -0.2) is 54.5 Å². The van der Waals surface area contributed by atoms with Crippen molar-refractivity contribution in [1.82, 2.24) is 15.2 Å². The lowest BCUT2D eigenvalue weighted by atomic mass is 9.85. The minimum Gasteiger partial charge on any atom is -0.469 e. The number of anilines is 1. The standard InChI is InChI=1S/C34H46N4O5S/c1-4-37(27-12-10-11-24(2)21-27)31(39)23-38-28-18-20-44-30(28)22-29(38)34(42)36-26-16-14-25(15-17-26)33(41)35-19-9-7-5-6-8-13-32(40)43-3/h10-12,18,20-22,25-26H,4-9,13-17,19,23H2,1-3H3,(H,35,41)(H,36,42). The predicted octanol–water partition coefficient (Wildman–Crippen LogP) is 5.98. The van der Waals surface area contributed by atoms with Crippen molar-refractivity contribution in [2.45, 2.75) is 90.6 Å². The highest BCUT2D eigenvalue weighted by Gasteiger charge is 2.28. The molecule has 1 aliphatic rings. The van der Waals surface area contributed by atoms with E-state index in [4.69, 9.17) is 0 Å². The van der Waals surface area contributed by atoms with Gasteiger partial charge in [0, 0.05) is 37.2 Å². The molecule has 2 N–H and O–H groups in total. The van der Waals surface area contributed by atoms with Gasteiger partial charge in [-0.1, -0.05) is 31.4 Å². The van der Waals surface area contributed by atoms with Crippen molar-refractivity contribution in [3.8, 4) is 0 Å². The van der Waals surface area contributed by atoms with E-state index in [0.29, 0.717) is 25.2 Å². The van der Waals surface area contributed by atoms with Gasteiger partial charge in [0.25, 0.3) is 5.91 Å². The molecule has 9 nitrogen and oxygen atoms in total. The molecule has 0 atom stereocenters. The highest BCUT2D eigenvalue weighted by Crippen LogP contribution is 2.28. The van der Waals surface area contributed by atoms with E-state index in [1.807, 2.05) is 60.2 Å². The molecule has 0 bridgehead atoms. The summed E-state index contributed by atoms with van der Waals surface area (Å²) in [6, 6.07) is 11.7. The van der Waals surface area contributed by atoms with Crippen molar-refractivity contribution >= 4 is 50.9 Å². The van der Waals surface area contributed by atoms with Gasteiger partial charge in [-0.3, -0.25) is 19.2 Å². The summed E-state index contributed by atoms with van der Waals surface area (Å²) in [5.41, 5.74) is 3.31. The van der Waals surface area contributed by atoms with E-state index in [-0.39, 0.29) is 42.2 Å². The van der Waals surface area contributed by atoms with Crippen molar-refractivity contribution in [2.24, 2.45) is 5.92 Å². The van der Waals surface area contributed by atoms with E-state index in [0.717, 1.165) is 79.3 Å². The molecule has 10 heteroatoms. The van der Waals surface area contributed by atoms with Crippen molar-refractivity contribution in [1.29, 1.82) is 0 Å². The highest BCUT2D eigenvalue weighted by atomic mass is 32.1. The first-order chi connectivity index (χ1) is 21.3. The second-order valence-corrected chi connectivity index (χ2v) is 12.6. The summed E-state index contributed by atoms with van der Waals surface area (Å²) in [6.07, 6.45) is 8.24. The van der Waals surface area contributed by atoms with Crippen LogP contribution in [0.15, 0.2) is 41.8 Å². The normalized spacial score (nSPS) is 16.4. The molecule has 2 aromatic heterocycles. The monoisotopic (exact) mass is 622 g/mol. The number of carbonyl (C=O) groups excluding carboxylic acids is 4. The van der Waals surface area contributed by atoms with Crippen molar-refractivity contribution in [3.63, 3.8) is 0 Å². The molecule has 2 heterocycles. The van der Waals surface area contributed by atoms with Crippen molar-refractivity contribution in [3.05, 3.63) is 53.0 Å². The van der Waals surface area contributed by atoms with Gasteiger partial charge < -0.3 is 24.8 Å². The number of carbonyl (C=O) groups is 4. The Morgan fingerprint density at radius 1 is 1.00 bits per heavy atom. The summed E-state index contributed by atoms with van der Waals surface area (Å²) in [7, 11) is 1.41. The Morgan fingerprint density at radius 2 is 1.75 bits per heavy atom. The van der Waals surface area contributed by atoms with Gasteiger partial charge in [-0.2, -0.15) is 0 Å². The number of thiophene rings is 1. The third-order valence-electron chi connectivity index (χ3n) is 8.50. The number of fused-ring (bicyclic) bond motifs is 1. The Morgan fingerprint density at radius 3 is 2.48 bits per heavy atom. The van der Waals surface area contributed by atoms with E-state index >= 15 is 0 Å². The van der Waals surface area contributed by atoms with Gasteiger partial charge in [0.05, 0.1) is 17.3 Å². The molecule has 1 fully saturated rings. The van der Waals surface area contributed by atoms with Crippen LogP contribution in [0, 0.1) is 12.8 Å². The van der Waals surface area contributed by atoms with Crippen LogP contribution in [0.1, 0.15) is 87.2 Å². The summed E-state index contributed by atoms with van der Waals surface area (Å²) in [6.45, 7) is 5.24. The predicted molar refractivity (Wildman–Crippen MR) is 175 cm³/mol. The van der Waals surface area contributed by atoms with Gasteiger partial charge in [-0.05, 0) is 87.6 Å². The SMILES string of the molecule is CCN(C(=O)Cn1c(C(=O)NC2CCC(C(=O)NCCCCCCCC(=O)OC)CC2)cc2sccc21)c1cccc(C)c1. The fraction of sp³-hybridized carbons (Fsp3) is 0.529. The van der Waals surface area contributed by atoms with Crippen molar-refractivity contribution in [2.75, 3.05) is 25.1 Å². The zero-order valence-corrected chi connectivity index (χ0v) is 27.0. The quantitative estimate of drug-likeness (QED) is 0.160. The topological polar surface area (TPSA) is 110 Å². The number of nitrogens with one attached hydrogen (secondary N) is 2. The van der Waals surface area contributed by atoms with Gasteiger partial charge in [0.2, 0.25) is 11.8 Å². The number of benzene rings is 1. The summed E-state index contributed by atoms with van der Waals surface area (Å²) in [5, 5.41) is 8.25. The number of methoxy groups -OCH3 is 1. The van der Waals surface area contributed by atoms with Crippen LogP contribution in [0.2, 0.25) is 0 Å². The molecular formula is C34H46N4O5S. The minimum atomic E-state index is -0.181. The van der Waals surface area contributed by atoms with Crippen LogP contribution in [0.3, 0.4) is 0 Å². The number of aryl methyl sites for hydroxylation is 1. The maximum Gasteiger partial charge on any atom is 0.305 e. The van der Waals surface area contributed by atoms with Crippen LogP contribution in [-0.2, 0) is 25.7 Å². The number of unbranched alkanes of at least 4 members (excludes halogenated alkanes) is 4. The first kappa shape index (κ1) is 33.2. The molecule has 1 aromatic carbocycles. The van der Waals surface area contributed by atoms with Gasteiger partial charge in [-0.25, -0.2) is 0 Å². The molecule has 0 radical (unpaired) electrons. The summed E-state index contributed by atoms with van der Waals surface area (Å²) >= 11 is 1.56. The molecule has 0 unspecified atom stereocenters. The Bertz CT molecular complexity index is 1420. The molecule has 0 saturated heterocycles. The molecule has 0 aliphatic heterocycles. The van der Waals surface area contributed by atoms with Crippen LogP contribution in [0.25, 0.3) is 10.2 Å². The molecule has 3 aromatic rings. The summed E-state index contributed by atoms with van der Waals surface area (Å²) in [5.74, 6) is -0.343. The molecular weight excluding hydrogens is 576 g/mol. The van der Waals surface area contributed by atoms with Gasteiger partial charge in [0.1, 0.15) is 12.2 Å². The van der Waals surface area contributed by atoms with E-state index in [1.165, 1.54) is 7.11 Å². The number of likely N-dealkylation sites (N-methyl/N-ethyl adjacent to an activating group) is 1. The fourth-order valence-electron chi connectivity index (χ4n) is 6.00. The second kappa shape index (κ2) is 16.4. The molecule has 1 aliphatic carbocycles. The number of hydrogen-bond acceptors (Lipinski definition) is 6. The zero-order valence-electron chi connectivity index (χ0n) is 26.2. The Labute approximate surface area is 264 Å². The molecule has 1 saturated carbocycles. The Hall–Kier alpha value is -3.66. The third-order valence-corrected chi connectivity index (χ3v) is 9.35. The van der Waals surface area contributed by atoms with Gasteiger partial charge in [0.15, 0.2) is 0 Å². The Balaban J connectivity index is 1.25. The lowest BCUT2D eigenvalue weighted by Crippen LogP contribution is -2.42. The van der Waals surface area contributed by atoms with Crippen LogP contribution in [0.5, 0.6) is 0 Å². The zero-order chi connectivity index (χ0) is 31.5. The van der Waals surface area contributed by atoms with Gasteiger partial charge in [-0.15, -0.1) is 11.3 Å². The maximum atomic E-state index is 13.5. The number of hydrogen-bond donors (Lipinski definition) is 2. The fourth-order valence-corrected chi connectivity index (χ4v) is 6.82. The highest BCUT2D eigenvalue weighted by molar-refractivity contribution is 7.17. The molecule has 3 amide bonds. The number of esters is 1. The van der Waals surface area contributed by atoms with E-state index < -0.39 is 0 Å². The Kier molecular flexibility index (Phi) is 12.4. The molecule has 238 valence electrons. The largest absolute Gasteiger partial charge is 0.469 e. The van der Waals surface area contributed by atoms with Crippen LogP contribution in [0.4, 0.5) is 5.69 Å². The van der Waals surface area contributed by atoms with Crippen molar-refractivity contribution < 1.29 is 23.9 Å². The molecule has 4 rings (SSSR count). The molecule has 0 spiro atoms. The number of rotatable bonds is 15. The van der Waals surface area contributed by atoms with Crippen LogP contribution >= 0.6 is 11.3 Å². The lowest BCUT2D eigenvalue weighted by Gasteiger charge is -2.28. The maximum absolute atomic E-state index is 13.5.